The number of unbranched alkanes of at least 4 members (excludes halogenated alkanes) is 1. The Bertz CT molecular complexity index is 91.0. The fourth-order valence-corrected chi connectivity index (χ4v) is 1.71. The molecule has 0 saturated heterocycles. The number of hydrogen-bond acceptors (Lipinski definition) is 1. The summed E-state index contributed by atoms with van der Waals surface area (Å²) in [6.07, 6.45) is 5.44. The molecule has 0 heterocycles. The Morgan fingerprint density at radius 2 is 1.83 bits per heavy atom. The fraction of sp³-hybridized carbons (Fsp3) is 1.00. The minimum absolute atomic E-state index is 0.696. The quantitative estimate of drug-likeness (QED) is 0.620. The Morgan fingerprint density at radius 1 is 1.17 bits per heavy atom. The van der Waals surface area contributed by atoms with Gasteiger partial charge >= 0.3 is 0 Å². The number of rotatable bonds is 7. The summed E-state index contributed by atoms with van der Waals surface area (Å²) >= 11 is 0. The first kappa shape index (κ1) is 12.0. The van der Waals surface area contributed by atoms with Gasteiger partial charge in [0.2, 0.25) is 0 Å². The van der Waals surface area contributed by atoms with Crippen molar-refractivity contribution in [3.8, 4) is 0 Å². The first-order valence-corrected chi connectivity index (χ1v) is 5.44. The van der Waals surface area contributed by atoms with Crippen molar-refractivity contribution in [1.82, 2.24) is 5.32 Å². The zero-order valence-corrected chi connectivity index (χ0v) is 9.19. The lowest BCUT2D eigenvalue weighted by atomic mass is 9.97. The summed E-state index contributed by atoms with van der Waals surface area (Å²) in [5.41, 5.74) is 0. The van der Waals surface area contributed by atoms with Gasteiger partial charge in [0, 0.05) is 6.04 Å². The van der Waals surface area contributed by atoms with Gasteiger partial charge in [0.25, 0.3) is 0 Å². The molecule has 0 aliphatic heterocycles. The summed E-state index contributed by atoms with van der Waals surface area (Å²) in [6, 6.07) is 0.696. The third-order valence-corrected chi connectivity index (χ3v) is 2.36. The molecule has 0 fully saturated rings. The molecule has 0 spiro atoms. The molecule has 0 radical (unpaired) electrons. The van der Waals surface area contributed by atoms with Gasteiger partial charge in [0.15, 0.2) is 0 Å². The van der Waals surface area contributed by atoms with Crippen LogP contribution in [0.2, 0.25) is 0 Å². The molecule has 0 amide bonds. The van der Waals surface area contributed by atoms with E-state index in [-0.39, 0.29) is 0 Å². The van der Waals surface area contributed by atoms with Gasteiger partial charge in [-0.1, -0.05) is 40.0 Å². The number of hydrogen-bond donors (Lipinski definition) is 1. The summed E-state index contributed by atoms with van der Waals surface area (Å²) in [7, 11) is 0. The van der Waals surface area contributed by atoms with Gasteiger partial charge in [-0.25, -0.2) is 0 Å². The minimum atomic E-state index is 0.696. The molecule has 0 aliphatic rings. The zero-order chi connectivity index (χ0) is 9.40. The molecule has 0 rings (SSSR count). The van der Waals surface area contributed by atoms with Crippen molar-refractivity contribution >= 4 is 0 Å². The van der Waals surface area contributed by atoms with Gasteiger partial charge in [0.05, 0.1) is 0 Å². The molecule has 0 bridgehead atoms. The lowest BCUT2D eigenvalue weighted by molar-refractivity contribution is 0.399. The van der Waals surface area contributed by atoms with Gasteiger partial charge in [-0.15, -0.1) is 0 Å². The maximum atomic E-state index is 3.45. The summed E-state index contributed by atoms with van der Waals surface area (Å²) in [5, 5.41) is 3.45. The molecule has 0 aromatic heterocycles. The largest absolute Gasteiger partial charge is 0.315 e. The maximum absolute atomic E-state index is 3.45. The normalized spacial score (nSPS) is 16.0. The molecule has 0 aromatic rings. The third-order valence-electron chi connectivity index (χ3n) is 2.36. The first-order chi connectivity index (χ1) is 5.70. The van der Waals surface area contributed by atoms with Crippen LogP contribution in [0.3, 0.4) is 0 Å². The zero-order valence-electron chi connectivity index (χ0n) is 9.19. The molecule has 1 heteroatoms. The maximum Gasteiger partial charge on any atom is 0.00411 e. The van der Waals surface area contributed by atoms with Crippen LogP contribution in [0.1, 0.15) is 53.4 Å². The van der Waals surface area contributed by atoms with E-state index in [9.17, 15) is 0 Å². The summed E-state index contributed by atoms with van der Waals surface area (Å²) in [4.78, 5) is 0. The molecule has 1 nitrogen and oxygen atoms in total. The lowest BCUT2D eigenvalue weighted by Crippen LogP contribution is -2.27. The minimum Gasteiger partial charge on any atom is -0.315 e. The summed E-state index contributed by atoms with van der Waals surface area (Å²) in [5.74, 6) is 0.888. The highest BCUT2D eigenvalue weighted by atomic mass is 14.9. The Hall–Kier alpha value is -0.0400. The third kappa shape index (κ3) is 6.66. The van der Waals surface area contributed by atoms with E-state index in [4.69, 9.17) is 0 Å². The second-order valence-corrected chi connectivity index (χ2v) is 3.94. The van der Waals surface area contributed by atoms with Crippen molar-refractivity contribution in [3.63, 3.8) is 0 Å². The van der Waals surface area contributed by atoms with Crippen LogP contribution in [0, 0.1) is 5.92 Å². The van der Waals surface area contributed by atoms with E-state index in [1.54, 1.807) is 0 Å². The molecular weight excluding hydrogens is 146 g/mol. The average molecular weight is 171 g/mol. The highest BCUT2D eigenvalue weighted by Crippen LogP contribution is 2.13. The van der Waals surface area contributed by atoms with Crippen LogP contribution in [0.15, 0.2) is 0 Å². The molecule has 2 atom stereocenters. The second kappa shape index (κ2) is 7.60. The van der Waals surface area contributed by atoms with Crippen molar-refractivity contribution in [2.24, 2.45) is 5.92 Å². The topological polar surface area (TPSA) is 12.0 Å². The van der Waals surface area contributed by atoms with Crippen LogP contribution in [-0.4, -0.2) is 12.6 Å². The number of nitrogens with one attached hydrogen (secondary N) is 1. The first-order valence-electron chi connectivity index (χ1n) is 5.44. The average Bonchev–Trinajstić information content (AvgIpc) is 2.01. The summed E-state index contributed by atoms with van der Waals surface area (Å²) < 4.78 is 0. The SMILES string of the molecule is CCCCC(C)CC(C)NCC. The Balaban J connectivity index is 3.33. The van der Waals surface area contributed by atoms with Gasteiger partial charge < -0.3 is 5.32 Å². The van der Waals surface area contributed by atoms with E-state index in [0.29, 0.717) is 6.04 Å². The standard InChI is InChI=1S/C11H25N/c1-5-7-8-10(3)9-11(4)12-6-2/h10-12H,5-9H2,1-4H3. The van der Waals surface area contributed by atoms with Crippen molar-refractivity contribution in [2.75, 3.05) is 6.54 Å². The van der Waals surface area contributed by atoms with E-state index in [0.717, 1.165) is 12.5 Å². The van der Waals surface area contributed by atoms with E-state index in [1.165, 1.54) is 25.7 Å². The van der Waals surface area contributed by atoms with Crippen molar-refractivity contribution in [3.05, 3.63) is 0 Å². The Kier molecular flexibility index (Phi) is 7.58. The van der Waals surface area contributed by atoms with Gasteiger partial charge in [-0.3, -0.25) is 0 Å². The van der Waals surface area contributed by atoms with Crippen LogP contribution in [0.4, 0.5) is 0 Å². The van der Waals surface area contributed by atoms with Gasteiger partial charge in [0.1, 0.15) is 0 Å². The molecular formula is C11H25N. The molecule has 0 aliphatic carbocycles. The molecule has 1 N–H and O–H groups in total. The predicted molar refractivity (Wildman–Crippen MR) is 56.4 cm³/mol. The van der Waals surface area contributed by atoms with E-state index in [1.807, 2.05) is 0 Å². The Labute approximate surface area is 77.9 Å². The van der Waals surface area contributed by atoms with E-state index < -0.39 is 0 Å². The van der Waals surface area contributed by atoms with Crippen molar-refractivity contribution < 1.29 is 0 Å². The highest BCUT2D eigenvalue weighted by molar-refractivity contribution is 4.64. The molecule has 12 heavy (non-hydrogen) atoms. The Morgan fingerprint density at radius 3 is 2.33 bits per heavy atom. The predicted octanol–water partition coefficient (Wildman–Crippen LogP) is 3.20. The highest BCUT2D eigenvalue weighted by Gasteiger charge is 2.06. The monoisotopic (exact) mass is 171 g/mol. The van der Waals surface area contributed by atoms with Crippen molar-refractivity contribution in [1.29, 1.82) is 0 Å². The van der Waals surface area contributed by atoms with E-state index in [2.05, 4.69) is 33.0 Å². The molecule has 0 aromatic carbocycles. The molecule has 2 unspecified atom stereocenters. The van der Waals surface area contributed by atoms with Crippen LogP contribution in [-0.2, 0) is 0 Å². The smallest absolute Gasteiger partial charge is 0.00411 e. The van der Waals surface area contributed by atoms with Gasteiger partial charge in [-0.2, -0.15) is 0 Å². The van der Waals surface area contributed by atoms with Crippen LogP contribution in [0.25, 0.3) is 0 Å². The summed E-state index contributed by atoms with van der Waals surface area (Å²) in [6.45, 7) is 10.2. The molecule has 74 valence electrons. The second-order valence-electron chi connectivity index (χ2n) is 3.94. The van der Waals surface area contributed by atoms with Gasteiger partial charge in [-0.05, 0) is 25.8 Å². The lowest BCUT2D eigenvalue weighted by Gasteiger charge is -2.17. The van der Waals surface area contributed by atoms with Crippen LogP contribution < -0.4 is 5.32 Å². The van der Waals surface area contributed by atoms with E-state index >= 15 is 0 Å². The molecule has 0 saturated carbocycles. The van der Waals surface area contributed by atoms with Crippen LogP contribution >= 0.6 is 0 Å². The van der Waals surface area contributed by atoms with Crippen LogP contribution in [0.5, 0.6) is 0 Å². The van der Waals surface area contributed by atoms with Crippen molar-refractivity contribution in [2.45, 2.75) is 59.4 Å². The fourth-order valence-electron chi connectivity index (χ4n) is 1.71.